The largest absolute Gasteiger partial charge is 0.497 e. The van der Waals surface area contributed by atoms with Gasteiger partial charge >= 0.3 is 5.97 Å². The van der Waals surface area contributed by atoms with Gasteiger partial charge in [-0.25, -0.2) is 4.79 Å². The zero-order valence-corrected chi connectivity index (χ0v) is 17.5. The molecule has 0 saturated heterocycles. The number of carbonyl (C=O) groups excluding carboxylic acids is 1. The van der Waals surface area contributed by atoms with E-state index in [1.807, 2.05) is 44.2 Å². The fourth-order valence-electron chi connectivity index (χ4n) is 3.69. The summed E-state index contributed by atoms with van der Waals surface area (Å²) in [5.74, 6) is -1.99. The van der Waals surface area contributed by atoms with Crippen molar-refractivity contribution in [2.75, 3.05) is 13.7 Å². The summed E-state index contributed by atoms with van der Waals surface area (Å²) in [6.07, 6.45) is 0.637. The predicted molar refractivity (Wildman–Crippen MR) is 111 cm³/mol. The minimum Gasteiger partial charge on any atom is -0.497 e. The van der Waals surface area contributed by atoms with Crippen LogP contribution in [-0.4, -0.2) is 30.9 Å². The molecule has 4 rings (SSSR count). The standard InChI is InChI=1S/C24H24O7/c1-15(2)29-22(16-7-5-4-6-8-16)21-20(19-13-14-28-31-19)23(25)30-24(21,26)17-9-11-18(27-3)12-10-17/h4-13,15,22,26H,14H2,1-3H3. The number of aliphatic hydroxyl groups is 1. The molecule has 2 aromatic carbocycles. The van der Waals surface area contributed by atoms with E-state index in [0.29, 0.717) is 11.3 Å². The minimum absolute atomic E-state index is 0.0883. The highest BCUT2D eigenvalue weighted by Crippen LogP contribution is 2.49. The Morgan fingerprint density at radius 2 is 1.77 bits per heavy atom. The van der Waals surface area contributed by atoms with Crippen LogP contribution in [0.25, 0.3) is 0 Å². The Kier molecular flexibility index (Phi) is 5.82. The first-order valence-corrected chi connectivity index (χ1v) is 9.99. The SMILES string of the molecule is COc1ccc(C2(O)OC(=O)C(C3=CCOO3)=C2C(OC(C)C)c2ccccc2)cc1. The van der Waals surface area contributed by atoms with E-state index in [2.05, 4.69) is 0 Å². The first kappa shape index (κ1) is 21.1. The Bertz CT molecular complexity index is 1010. The quantitative estimate of drug-likeness (QED) is 0.536. The fraction of sp³-hybridized carbons (Fsp3) is 0.292. The van der Waals surface area contributed by atoms with Gasteiger partial charge in [-0.1, -0.05) is 30.3 Å². The molecule has 0 bridgehead atoms. The first-order valence-electron chi connectivity index (χ1n) is 9.99. The van der Waals surface area contributed by atoms with Gasteiger partial charge < -0.3 is 24.2 Å². The summed E-state index contributed by atoms with van der Waals surface area (Å²) in [6.45, 7) is 3.95. The van der Waals surface area contributed by atoms with Crippen LogP contribution in [0.5, 0.6) is 5.75 Å². The van der Waals surface area contributed by atoms with E-state index in [4.69, 9.17) is 24.0 Å². The second-order valence-electron chi connectivity index (χ2n) is 7.46. The van der Waals surface area contributed by atoms with Crippen LogP contribution in [0.3, 0.4) is 0 Å². The highest BCUT2D eigenvalue weighted by atomic mass is 17.2. The second kappa shape index (κ2) is 8.55. The minimum atomic E-state index is -2.07. The molecule has 2 aliphatic rings. The van der Waals surface area contributed by atoms with Crippen LogP contribution < -0.4 is 4.74 Å². The lowest BCUT2D eigenvalue weighted by Gasteiger charge is -2.31. The van der Waals surface area contributed by atoms with Gasteiger partial charge in [-0.2, -0.15) is 4.89 Å². The van der Waals surface area contributed by atoms with Gasteiger partial charge in [0.15, 0.2) is 5.76 Å². The first-order chi connectivity index (χ1) is 14.9. The van der Waals surface area contributed by atoms with Gasteiger partial charge in [0, 0.05) is 5.56 Å². The van der Waals surface area contributed by atoms with Crippen molar-refractivity contribution in [3.05, 3.63) is 88.7 Å². The van der Waals surface area contributed by atoms with Gasteiger partial charge in [-0.05, 0) is 49.8 Å². The van der Waals surface area contributed by atoms with Gasteiger partial charge in [-0.3, -0.25) is 0 Å². The van der Waals surface area contributed by atoms with Crippen LogP contribution in [0.1, 0.15) is 31.1 Å². The number of hydrogen-bond donors (Lipinski definition) is 1. The van der Waals surface area contributed by atoms with E-state index < -0.39 is 17.9 Å². The summed E-state index contributed by atoms with van der Waals surface area (Å²) in [5, 5.41) is 11.8. The van der Waals surface area contributed by atoms with Crippen LogP contribution in [0.4, 0.5) is 0 Å². The molecule has 7 heteroatoms. The number of cyclic esters (lactones) is 1. The van der Waals surface area contributed by atoms with Crippen molar-refractivity contribution in [3.8, 4) is 5.75 Å². The van der Waals surface area contributed by atoms with Crippen molar-refractivity contribution in [2.24, 2.45) is 0 Å². The molecule has 2 aromatic rings. The summed E-state index contributed by atoms with van der Waals surface area (Å²) in [6, 6.07) is 16.0. The van der Waals surface area contributed by atoms with Crippen LogP contribution in [0.2, 0.25) is 0 Å². The lowest BCUT2D eigenvalue weighted by molar-refractivity contribution is -0.231. The Hall–Kier alpha value is -3.13. The molecule has 0 amide bonds. The van der Waals surface area contributed by atoms with Gasteiger partial charge in [0.25, 0.3) is 5.79 Å². The number of benzene rings is 2. The molecule has 1 N–H and O–H groups in total. The second-order valence-corrected chi connectivity index (χ2v) is 7.46. The number of ether oxygens (including phenoxy) is 3. The van der Waals surface area contributed by atoms with E-state index >= 15 is 0 Å². The number of esters is 1. The fourth-order valence-corrected chi connectivity index (χ4v) is 3.69. The van der Waals surface area contributed by atoms with E-state index in [9.17, 15) is 9.90 Å². The van der Waals surface area contributed by atoms with Crippen molar-refractivity contribution < 1.29 is 33.9 Å². The molecule has 0 aromatic heterocycles. The maximum atomic E-state index is 13.0. The number of rotatable bonds is 7. The molecule has 2 atom stereocenters. The molecule has 2 unspecified atom stereocenters. The topological polar surface area (TPSA) is 83.5 Å². The average molecular weight is 424 g/mol. The van der Waals surface area contributed by atoms with E-state index in [1.165, 1.54) is 0 Å². The van der Waals surface area contributed by atoms with Crippen molar-refractivity contribution in [3.63, 3.8) is 0 Å². The van der Waals surface area contributed by atoms with E-state index in [-0.39, 0.29) is 29.6 Å². The molecule has 0 fully saturated rings. The predicted octanol–water partition coefficient (Wildman–Crippen LogP) is 3.71. The van der Waals surface area contributed by atoms with Gasteiger partial charge in [0.1, 0.15) is 24.0 Å². The third-order valence-corrected chi connectivity index (χ3v) is 5.06. The van der Waals surface area contributed by atoms with Crippen LogP contribution in [0.15, 0.2) is 77.6 Å². The van der Waals surface area contributed by atoms with Crippen LogP contribution in [-0.2, 0) is 29.8 Å². The molecule has 0 radical (unpaired) electrons. The summed E-state index contributed by atoms with van der Waals surface area (Å²) in [5.41, 5.74) is 1.44. The molecule has 2 heterocycles. The summed E-state index contributed by atoms with van der Waals surface area (Å²) in [7, 11) is 1.55. The molecular weight excluding hydrogens is 400 g/mol. The summed E-state index contributed by atoms with van der Waals surface area (Å²) in [4.78, 5) is 23.2. The van der Waals surface area contributed by atoms with Crippen molar-refractivity contribution in [2.45, 2.75) is 31.8 Å². The summed E-state index contributed by atoms with van der Waals surface area (Å²) >= 11 is 0. The van der Waals surface area contributed by atoms with Crippen LogP contribution >= 0.6 is 0 Å². The van der Waals surface area contributed by atoms with Crippen LogP contribution in [0, 0.1) is 0 Å². The number of methoxy groups -OCH3 is 1. The molecule has 7 nitrogen and oxygen atoms in total. The zero-order valence-electron chi connectivity index (χ0n) is 17.5. The highest BCUT2D eigenvalue weighted by Gasteiger charge is 2.53. The smallest absolute Gasteiger partial charge is 0.345 e. The molecule has 0 spiro atoms. The lowest BCUT2D eigenvalue weighted by Crippen LogP contribution is -2.33. The maximum Gasteiger partial charge on any atom is 0.345 e. The van der Waals surface area contributed by atoms with E-state index in [0.717, 1.165) is 5.56 Å². The van der Waals surface area contributed by atoms with Gasteiger partial charge in [0.05, 0.1) is 18.8 Å². The Morgan fingerprint density at radius 1 is 1.06 bits per heavy atom. The van der Waals surface area contributed by atoms with E-state index in [1.54, 1.807) is 37.5 Å². The molecule has 0 aliphatic carbocycles. The van der Waals surface area contributed by atoms with Crippen molar-refractivity contribution in [1.82, 2.24) is 0 Å². The molecule has 0 saturated carbocycles. The third-order valence-electron chi connectivity index (χ3n) is 5.06. The van der Waals surface area contributed by atoms with Gasteiger partial charge in [-0.15, -0.1) is 0 Å². The molecule has 2 aliphatic heterocycles. The van der Waals surface area contributed by atoms with Gasteiger partial charge in [0.2, 0.25) is 0 Å². The monoisotopic (exact) mass is 424 g/mol. The maximum absolute atomic E-state index is 13.0. The summed E-state index contributed by atoms with van der Waals surface area (Å²) < 4.78 is 17.0. The zero-order chi connectivity index (χ0) is 22.0. The number of hydrogen-bond acceptors (Lipinski definition) is 7. The highest BCUT2D eigenvalue weighted by molar-refractivity contribution is 5.97. The Balaban J connectivity index is 1.93. The Labute approximate surface area is 180 Å². The number of carbonyl (C=O) groups is 1. The lowest BCUT2D eigenvalue weighted by atomic mass is 9.87. The third kappa shape index (κ3) is 3.95. The Morgan fingerprint density at radius 3 is 2.35 bits per heavy atom. The van der Waals surface area contributed by atoms with Crippen molar-refractivity contribution >= 4 is 5.97 Å². The molecule has 162 valence electrons. The molecule has 31 heavy (non-hydrogen) atoms. The molecular formula is C24H24O7. The normalized spacial score (nSPS) is 21.7. The average Bonchev–Trinajstić information content (AvgIpc) is 3.39. The van der Waals surface area contributed by atoms with Crippen molar-refractivity contribution in [1.29, 1.82) is 0 Å².